The van der Waals surface area contributed by atoms with Crippen molar-refractivity contribution < 1.29 is 0 Å². The van der Waals surface area contributed by atoms with Crippen molar-refractivity contribution in [1.29, 1.82) is 0 Å². The molecule has 0 N–H and O–H groups in total. The van der Waals surface area contributed by atoms with Gasteiger partial charge in [-0.3, -0.25) is 0 Å². The average Bonchev–Trinajstić information content (AvgIpc) is 2.57. The van der Waals surface area contributed by atoms with E-state index >= 15 is 0 Å². The summed E-state index contributed by atoms with van der Waals surface area (Å²) in [5.74, 6) is 2.11. The fourth-order valence-corrected chi connectivity index (χ4v) is 1.74. The molecule has 0 bridgehead atoms. The molecule has 0 heterocycles. The summed E-state index contributed by atoms with van der Waals surface area (Å²) in [6, 6.07) is 0. The summed E-state index contributed by atoms with van der Waals surface area (Å²) in [6.07, 6.45) is 10.4. The van der Waals surface area contributed by atoms with Gasteiger partial charge in [-0.05, 0) is 11.8 Å². The van der Waals surface area contributed by atoms with Crippen LogP contribution in [0.5, 0.6) is 0 Å². The second-order valence-electron chi connectivity index (χ2n) is 4.43. The second-order valence-corrected chi connectivity index (χ2v) is 4.43. The molecule has 0 aliphatic heterocycles. The monoisotopic (exact) mass is 184 g/mol. The predicted octanol–water partition coefficient (Wildman–Crippen LogP) is 5.03. The van der Waals surface area contributed by atoms with Crippen LogP contribution < -0.4 is 0 Å². The largest absolute Gasteiger partial charge is 0.0683 e. The minimum Gasteiger partial charge on any atom is -0.0683 e. The van der Waals surface area contributed by atoms with Crippen LogP contribution in [0.2, 0.25) is 0 Å². The van der Waals surface area contributed by atoms with Crippen LogP contribution in [0, 0.1) is 11.8 Å². The van der Waals surface area contributed by atoms with E-state index in [1.54, 1.807) is 0 Å². The van der Waals surface area contributed by atoms with Crippen molar-refractivity contribution in [3.8, 4) is 0 Å². The van der Waals surface area contributed by atoms with Gasteiger partial charge < -0.3 is 0 Å². The summed E-state index contributed by atoms with van der Waals surface area (Å²) < 4.78 is 0. The van der Waals surface area contributed by atoms with E-state index in [1.807, 2.05) is 13.8 Å². The number of hydrogen-bond donors (Lipinski definition) is 0. The molecule has 0 aromatic carbocycles. The highest BCUT2D eigenvalue weighted by Crippen LogP contribution is 2.24. The van der Waals surface area contributed by atoms with Crippen LogP contribution in [0.1, 0.15) is 72.6 Å². The van der Waals surface area contributed by atoms with E-state index in [1.165, 1.54) is 44.9 Å². The molecule has 0 spiro atoms. The Morgan fingerprint density at radius 3 is 1.00 bits per heavy atom. The van der Waals surface area contributed by atoms with E-state index in [4.69, 9.17) is 0 Å². The number of rotatable bonds is 0. The lowest BCUT2D eigenvalue weighted by atomic mass is 9.88. The highest BCUT2D eigenvalue weighted by atomic mass is 14.1. The van der Waals surface area contributed by atoms with Gasteiger partial charge in [0.1, 0.15) is 0 Å². The van der Waals surface area contributed by atoms with Crippen molar-refractivity contribution in [1.82, 2.24) is 0 Å². The first-order valence-electron chi connectivity index (χ1n) is 6.29. The van der Waals surface area contributed by atoms with Crippen LogP contribution in [0.3, 0.4) is 0 Å². The zero-order chi connectivity index (χ0) is 10.1. The van der Waals surface area contributed by atoms with E-state index in [0.29, 0.717) is 0 Å². The topological polar surface area (TPSA) is 0 Å². The van der Waals surface area contributed by atoms with Crippen molar-refractivity contribution >= 4 is 0 Å². The maximum absolute atomic E-state index is 2.34. The Balaban J connectivity index is 0.000000189. The van der Waals surface area contributed by atoms with Gasteiger partial charge in [0.2, 0.25) is 0 Å². The lowest BCUT2D eigenvalue weighted by Crippen LogP contribution is -2.04. The Morgan fingerprint density at radius 2 is 0.923 bits per heavy atom. The Morgan fingerprint density at radius 1 is 0.615 bits per heavy atom. The van der Waals surface area contributed by atoms with E-state index < -0.39 is 0 Å². The molecular weight excluding hydrogens is 156 g/mol. The molecule has 0 atom stereocenters. The van der Waals surface area contributed by atoms with Gasteiger partial charge >= 0.3 is 0 Å². The molecular formula is C13H28. The van der Waals surface area contributed by atoms with E-state index in [-0.39, 0.29) is 0 Å². The summed E-state index contributed by atoms with van der Waals surface area (Å²) in [7, 11) is 0. The Bertz CT molecular complexity index is 86.2. The highest BCUT2D eigenvalue weighted by Gasteiger charge is 2.09. The van der Waals surface area contributed by atoms with Gasteiger partial charge in [-0.2, -0.15) is 0 Å². The van der Waals surface area contributed by atoms with Gasteiger partial charge in [0.05, 0.1) is 0 Å². The third-order valence-electron chi connectivity index (χ3n) is 3.04. The molecule has 0 amide bonds. The summed E-state index contributed by atoms with van der Waals surface area (Å²) in [6.45, 7) is 8.65. The molecule has 2 aliphatic carbocycles. The zero-order valence-corrected chi connectivity index (χ0v) is 10.1. The first kappa shape index (κ1) is 13.0. The highest BCUT2D eigenvalue weighted by molar-refractivity contribution is 4.62. The average molecular weight is 184 g/mol. The van der Waals surface area contributed by atoms with Crippen molar-refractivity contribution in [3.63, 3.8) is 0 Å². The second kappa shape index (κ2) is 8.59. The van der Waals surface area contributed by atoms with Crippen LogP contribution in [0.25, 0.3) is 0 Å². The van der Waals surface area contributed by atoms with Gasteiger partial charge in [-0.15, -0.1) is 0 Å². The third kappa shape index (κ3) is 7.10. The minimum atomic E-state index is 1.05. The van der Waals surface area contributed by atoms with Gasteiger partial charge in [-0.25, -0.2) is 0 Å². The van der Waals surface area contributed by atoms with Crippen LogP contribution in [0.4, 0.5) is 0 Å². The quantitative estimate of drug-likeness (QED) is 0.495. The van der Waals surface area contributed by atoms with E-state index in [0.717, 1.165) is 11.8 Å². The molecule has 0 heteroatoms. The Hall–Kier alpha value is 0. The summed E-state index contributed by atoms with van der Waals surface area (Å²) >= 11 is 0. The first-order valence-corrected chi connectivity index (χ1v) is 6.29. The van der Waals surface area contributed by atoms with Crippen molar-refractivity contribution in [2.45, 2.75) is 72.6 Å². The molecule has 0 aromatic rings. The molecule has 2 saturated carbocycles. The van der Waals surface area contributed by atoms with Crippen LogP contribution in [-0.4, -0.2) is 0 Å². The molecule has 13 heavy (non-hydrogen) atoms. The molecule has 2 aliphatic rings. The van der Waals surface area contributed by atoms with Crippen LogP contribution >= 0.6 is 0 Å². The maximum Gasteiger partial charge on any atom is -0.0443 e. The standard InChI is InChI=1S/C6H12.C5H10.C2H6/c1-6-4-2-3-5-6;1-5-3-2-4-5;1-2/h6H,2-5H2,1H3;5H,2-4H2,1H3;1-2H3. The molecule has 0 saturated heterocycles. The molecule has 0 unspecified atom stereocenters. The molecule has 2 fully saturated rings. The fraction of sp³-hybridized carbons (Fsp3) is 1.00. The van der Waals surface area contributed by atoms with Gasteiger partial charge in [0.25, 0.3) is 0 Å². The lowest BCUT2D eigenvalue weighted by molar-refractivity contribution is 0.346. The molecule has 0 nitrogen and oxygen atoms in total. The van der Waals surface area contributed by atoms with Gasteiger partial charge in [0, 0.05) is 0 Å². The van der Waals surface area contributed by atoms with Crippen molar-refractivity contribution in [3.05, 3.63) is 0 Å². The van der Waals surface area contributed by atoms with E-state index in [2.05, 4.69) is 13.8 Å². The third-order valence-corrected chi connectivity index (χ3v) is 3.04. The molecule has 80 valence electrons. The molecule has 2 rings (SSSR count). The summed E-state index contributed by atoms with van der Waals surface area (Å²) in [5, 5.41) is 0. The first-order chi connectivity index (χ1) is 6.29. The maximum atomic E-state index is 2.34. The minimum absolute atomic E-state index is 1.05. The molecule has 0 aromatic heterocycles. The van der Waals surface area contributed by atoms with Gasteiger partial charge in [0.15, 0.2) is 0 Å². The van der Waals surface area contributed by atoms with E-state index in [9.17, 15) is 0 Å². The SMILES string of the molecule is CC.CC1CCC1.CC1CCCC1. The van der Waals surface area contributed by atoms with Gasteiger partial charge in [-0.1, -0.05) is 72.6 Å². The Kier molecular flexibility index (Phi) is 8.59. The summed E-state index contributed by atoms with van der Waals surface area (Å²) in [4.78, 5) is 0. The smallest absolute Gasteiger partial charge is 0.0443 e. The lowest BCUT2D eigenvalue weighted by Gasteiger charge is -2.18. The van der Waals surface area contributed by atoms with Crippen molar-refractivity contribution in [2.24, 2.45) is 11.8 Å². The predicted molar refractivity (Wildman–Crippen MR) is 62.0 cm³/mol. The normalized spacial score (nSPS) is 22.2. The van der Waals surface area contributed by atoms with Crippen LogP contribution in [-0.2, 0) is 0 Å². The van der Waals surface area contributed by atoms with Crippen LogP contribution in [0.15, 0.2) is 0 Å². The summed E-state index contributed by atoms with van der Waals surface area (Å²) in [5.41, 5.74) is 0. The van der Waals surface area contributed by atoms with Crippen molar-refractivity contribution in [2.75, 3.05) is 0 Å². The zero-order valence-electron chi connectivity index (χ0n) is 10.1. The number of hydrogen-bond acceptors (Lipinski definition) is 0. The molecule has 0 radical (unpaired) electrons. The Labute approximate surface area is 85.1 Å². The fourth-order valence-electron chi connectivity index (χ4n) is 1.74.